The summed E-state index contributed by atoms with van der Waals surface area (Å²) in [6.07, 6.45) is 0. The van der Waals surface area contributed by atoms with Crippen LogP contribution in [0.3, 0.4) is 0 Å². The molecule has 4 N–H and O–H groups in total. The van der Waals surface area contributed by atoms with Gasteiger partial charge in [0, 0.05) is 7.05 Å². The Kier molecular flexibility index (Phi) is 3.67. The maximum absolute atomic E-state index is 8.38. The molecule has 5 heteroatoms. The molecule has 5 nitrogen and oxygen atoms in total. The van der Waals surface area contributed by atoms with Gasteiger partial charge in [-0.3, -0.25) is 4.84 Å². The maximum atomic E-state index is 8.38. The molecule has 56 valence electrons. The Bertz CT molecular complexity index is 76.2. The van der Waals surface area contributed by atoms with Crippen molar-refractivity contribution in [1.82, 2.24) is 16.5 Å². The van der Waals surface area contributed by atoms with Crippen LogP contribution in [0.1, 0.15) is 13.8 Å². The minimum absolute atomic E-state index is 0.775. The summed E-state index contributed by atoms with van der Waals surface area (Å²) in [4.78, 5) is 4.81. The van der Waals surface area contributed by atoms with Gasteiger partial charge >= 0.3 is 0 Å². The van der Waals surface area contributed by atoms with E-state index in [1.807, 2.05) is 5.48 Å². The summed E-state index contributed by atoms with van der Waals surface area (Å²) in [5.41, 5.74) is 6.08. The molecule has 0 fully saturated rings. The number of nitrogens with one attached hydrogen (secondary N) is 3. The van der Waals surface area contributed by atoms with Crippen molar-refractivity contribution in [3.63, 3.8) is 0 Å². The van der Waals surface area contributed by atoms with E-state index in [1.165, 1.54) is 0 Å². The SMILES string of the molecule is CNNOC(C)(C)NO. The first-order valence-electron chi connectivity index (χ1n) is 2.63. The van der Waals surface area contributed by atoms with Gasteiger partial charge in [-0.15, -0.1) is 5.59 Å². The zero-order valence-corrected chi connectivity index (χ0v) is 5.86. The monoisotopic (exact) mass is 135 g/mol. The van der Waals surface area contributed by atoms with E-state index in [2.05, 4.69) is 11.0 Å². The summed E-state index contributed by atoms with van der Waals surface area (Å²) in [6.45, 7) is 3.33. The summed E-state index contributed by atoms with van der Waals surface area (Å²) in [5, 5.41) is 8.38. The smallest absolute Gasteiger partial charge is 0.157 e. The first-order valence-corrected chi connectivity index (χ1v) is 2.63. The van der Waals surface area contributed by atoms with Crippen LogP contribution in [0.2, 0.25) is 0 Å². The van der Waals surface area contributed by atoms with Gasteiger partial charge in [0.25, 0.3) is 0 Å². The fourth-order valence-corrected chi connectivity index (χ4v) is 0.201. The van der Waals surface area contributed by atoms with Crippen molar-refractivity contribution >= 4 is 0 Å². The maximum Gasteiger partial charge on any atom is 0.157 e. The van der Waals surface area contributed by atoms with Gasteiger partial charge in [0.15, 0.2) is 5.72 Å². The van der Waals surface area contributed by atoms with E-state index in [0.717, 1.165) is 0 Å². The third-order valence-electron chi connectivity index (χ3n) is 0.677. The quantitative estimate of drug-likeness (QED) is 0.305. The minimum Gasteiger partial charge on any atom is -0.314 e. The Labute approximate surface area is 54.3 Å². The lowest BCUT2D eigenvalue weighted by Crippen LogP contribution is -2.46. The summed E-state index contributed by atoms with van der Waals surface area (Å²) >= 11 is 0. The number of hydrogen-bond donors (Lipinski definition) is 4. The van der Waals surface area contributed by atoms with Crippen molar-refractivity contribution in [3.8, 4) is 0 Å². The van der Waals surface area contributed by atoms with Crippen molar-refractivity contribution in [2.75, 3.05) is 7.05 Å². The Balaban J connectivity index is 3.33. The Hall–Kier alpha value is -0.200. The fourth-order valence-electron chi connectivity index (χ4n) is 0.201. The Morgan fingerprint density at radius 1 is 1.44 bits per heavy atom. The lowest BCUT2D eigenvalue weighted by molar-refractivity contribution is -0.169. The molecule has 0 aromatic carbocycles. The first kappa shape index (κ1) is 8.80. The summed E-state index contributed by atoms with van der Waals surface area (Å²) in [5.74, 6) is 0. The molecule has 0 rings (SSSR count). The largest absolute Gasteiger partial charge is 0.314 e. The molecule has 0 aliphatic carbocycles. The molecule has 0 radical (unpaired) electrons. The average molecular weight is 135 g/mol. The van der Waals surface area contributed by atoms with Crippen LogP contribution in [0.25, 0.3) is 0 Å². The number of hydroxylamine groups is 1. The summed E-state index contributed by atoms with van der Waals surface area (Å²) in [7, 11) is 1.66. The predicted molar refractivity (Wildman–Crippen MR) is 32.3 cm³/mol. The summed E-state index contributed by atoms with van der Waals surface area (Å²) < 4.78 is 0. The number of hydrogen-bond acceptors (Lipinski definition) is 5. The first-order chi connectivity index (χ1) is 4.12. The van der Waals surface area contributed by atoms with Crippen molar-refractivity contribution in [2.24, 2.45) is 0 Å². The molecule has 0 saturated heterocycles. The topological polar surface area (TPSA) is 65.5 Å². The minimum atomic E-state index is -0.775. The van der Waals surface area contributed by atoms with E-state index in [0.29, 0.717) is 0 Å². The molecule has 0 saturated carbocycles. The van der Waals surface area contributed by atoms with Crippen LogP contribution in [0.4, 0.5) is 0 Å². The highest BCUT2D eigenvalue weighted by Gasteiger charge is 2.15. The second-order valence-corrected chi connectivity index (χ2v) is 2.08. The Morgan fingerprint density at radius 2 is 2.00 bits per heavy atom. The highest BCUT2D eigenvalue weighted by Crippen LogP contribution is 1.97. The molecule has 0 spiro atoms. The van der Waals surface area contributed by atoms with E-state index >= 15 is 0 Å². The van der Waals surface area contributed by atoms with E-state index in [9.17, 15) is 0 Å². The van der Waals surface area contributed by atoms with Gasteiger partial charge in [-0.25, -0.2) is 5.43 Å². The van der Waals surface area contributed by atoms with Gasteiger partial charge < -0.3 is 5.21 Å². The van der Waals surface area contributed by atoms with E-state index in [1.54, 1.807) is 20.9 Å². The fraction of sp³-hybridized carbons (Fsp3) is 1.00. The standard InChI is InChI=1S/C4H13N3O2/c1-4(2,6-8)9-7-5-3/h5-8H,1-3H3. The van der Waals surface area contributed by atoms with E-state index in [-0.39, 0.29) is 0 Å². The molecular weight excluding hydrogens is 122 g/mol. The van der Waals surface area contributed by atoms with Crippen molar-refractivity contribution < 1.29 is 10.0 Å². The normalized spacial score (nSPS) is 12.0. The molecule has 0 unspecified atom stereocenters. The summed E-state index contributed by atoms with van der Waals surface area (Å²) in [6, 6.07) is 0. The lowest BCUT2D eigenvalue weighted by Gasteiger charge is -2.21. The second-order valence-electron chi connectivity index (χ2n) is 2.08. The van der Waals surface area contributed by atoms with Gasteiger partial charge in [-0.05, 0) is 13.8 Å². The zero-order valence-electron chi connectivity index (χ0n) is 5.86. The van der Waals surface area contributed by atoms with E-state index < -0.39 is 5.72 Å². The molecule has 0 aliphatic heterocycles. The van der Waals surface area contributed by atoms with Gasteiger partial charge in [-0.1, -0.05) is 0 Å². The highest BCUT2D eigenvalue weighted by molar-refractivity contribution is 4.54. The highest BCUT2D eigenvalue weighted by atomic mass is 16.7. The van der Waals surface area contributed by atoms with Gasteiger partial charge in [0.05, 0.1) is 0 Å². The third-order valence-corrected chi connectivity index (χ3v) is 0.677. The molecular formula is C4H13N3O2. The second kappa shape index (κ2) is 3.76. The molecule has 0 amide bonds. The van der Waals surface area contributed by atoms with Crippen LogP contribution in [0.5, 0.6) is 0 Å². The molecule has 0 heterocycles. The van der Waals surface area contributed by atoms with Crippen molar-refractivity contribution in [1.29, 1.82) is 0 Å². The number of hydrazine groups is 1. The van der Waals surface area contributed by atoms with Crippen LogP contribution in [-0.2, 0) is 4.84 Å². The lowest BCUT2D eigenvalue weighted by atomic mass is 10.3. The predicted octanol–water partition coefficient (Wildman–Crippen LogP) is -0.643. The van der Waals surface area contributed by atoms with E-state index in [4.69, 9.17) is 10.0 Å². The van der Waals surface area contributed by atoms with Crippen molar-refractivity contribution in [3.05, 3.63) is 0 Å². The number of rotatable bonds is 4. The van der Waals surface area contributed by atoms with Gasteiger partial charge in [0.1, 0.15) is 0 Å². The molecule has 0 aromatic heterocycles. The van der Waals surface area contributed by atoms with Gasteiger partial charge in [-0.2, -0.15) is 5.48 Å². The molecule has 0 bridgehead atoms. The van der Waals surface area contributed by atoms with Crippen LogP contribution in [-0.4, -0.2) is 18.0 Å². The Morgan fingerprint density at radius 3 is 2.33 bits per heavy atom. The van der Waals surface area contributed by atoms with Crippen LogP contribution < -0.4 is 16.5 Å². The molecule has 9 heavy (non-hydrogen) atoms. The zero-order chi connectivity index (χ0) is 7.33. The molecule has 0 aromatic rings. The van der Waals surface area contributed by atoms with Crippen LogP contribution in [0, 0.1) is 0 Å². The van der Waals surface area contributed by atoms with Crippen molar-refractivity contribution in [2.45, 2.75) is 19.6 Å². The third kappa shape index (κ3) is 4.31. The average Bonchev–Trinajstić information content (AvgIpc) is 1.84. The molecule has 0 atom stereocenters. The van der Waals surface area contributed by atoms with Gasteiger partial charge in [0.2, 0.25) is 0 Å². The van der Waals surface area contributed by atoms with Crippen LogP contribution >= 0.6 is 0 Å². The molecule has 0 aliphatic rings. The van der Waals surface area contributed by atoms with Crippen LogP contribution in [0.15, 0.2) is 0 Å².